The first-order chi connectivity index (χ1) is 16.1. The minimum absolute atomic E-state index is 0.0171. The first-order valence-electron chi connectivity index (χ1n) is 9.44. The van der Waals surface area contributed by atoms with Crippen LogP contribution in [0, 0.1) is 0 Å². The number of aromatic nitrogens is 3. The lowest BCUT2D eigenvalue weighted by atomic mass is 10.2. The van der Waals surface area contributed by atoms with Crippen molar-refractivity contribution in [1.29, 1.82) is 0 Å². The number of rotatable bonds is 8. The van der Waals surface area contributed by atoms with Crippen LogP contribution < -0.4 is 24.5 Å². The predicted octanol–water partition coefficient (Wildman–Crippen LogP) is 2.50. The molecule has 0 aliphatic carbocycles. The number of hydrogen-bond donors (Lipinski definition) is 1. The fourth-order valence-corrected chi connectivity index (χ4v) is 2.69. The van der Waals surface area contributed by atoms with Gasteiger partial charge in [-0.1, -0.05) is 11.2 Å². The molecule has 0 unspecified atom stereocenters. The van der Waals surface area contributed by atoms with Crippen molar-refractivity contribution in [3.63, 3.8) is 0 Å². The molecule has 13 nitrogen and oxygen atoms in total. The van der Waals surface area contributed by atoms with Gasteiger partial charge in [0, 0.05) is 0 Å². The van der Waals surface area contributed by atoms with Crippen molar-refractivity contribution in [2.24, 2.45) is 5.10 Å². The van der Waals surface area contributed by atoms with Crippen LogP contribution in [0.2, 0.25) is 0 Å². The first kappa shape index (κ1) is 21.5. The zero-order valence-corrected chi connectivity index (χ0v) is 18.1. The van der Waals surface area contributed by atoms with E-state index in [9.17, 15) is 0 Å². The van der Waals surface area contributed by atoms with E-state index in [2.05, 4.69) is 25.5 Å². The van der Waals surface area contributed by atoms with E-state index in [1.165, 1.54) is 47.0 Å². The molecule has 1 aromatic carbocycles. The Morgan fingerprint density at radius 3 is 2.33 bits per heavy atom. The standard InChI is InChI=1S/C20H20N6O7/c1-27-14-10-15(28-2)23-20(22-14)32-12-6-5-7-13(18(12)19-21-8-9-31-19)33-26-24-16(29-3)11-17(25-26)30-4/h5-11,24H,1-4H3. The molecule has 3 heterocycles. The Labute approximate surface area is 188 Å². The normalized spacial score (nSPS) is 12.8. The maximum Gasteiger partial charge on any atom is 0.328 e. The van der Waals surface area contributed by atoms with Crippen LogP contribution >= 0.6 is 0 Å². The van der Waals surface area contributed by atoms with Gasteiger partial charge in [0.15, 0.2) is 5.75 Å². The summed E-state index contributed by atoms with van der Waals surface area (Å²) < 4.78 is 32.2. The molecule has 3 aromatic rings. The quantitative estimate of drug-likeness (QED) is 0.533. The number of nitrogens with zero attached hydrogens (tertiary/aromatic N) is 5. The Kier molecular flexibility index (Phi) is 6.29. The highest BCUT2D eigenvalue weighted by atomic mass is 16.7. The van der Waals surface area contributed by atoms with Gasteiger partial charge in [0.05, 0.1) is 46.8 Å². The number of ether oxygens (including phenoxy) is 5. The average molecular weight is 456 g/mol. The minimum atomic E-state index is -0.0171. The van der Waals surface area contributed by atoms with Gasteiger partial charge in [0.25, 0.3) is 0 Å². The molecule has 0 atom stereocenters. The molecule has 0 fully saturated rings. The summed E-state index contributed by atoms with van der Waals surface area (Å²) in [5, 5.41) is 5.23. The summed E-state index contributed by atoms with van der Waals surface area (Å²) in [6.07, 6.45) is 4.47. The third-order valence-electron chi connectivity index (χ3n) is 4.18. The van der Waals surface area contributed by atoms with Crippen molar-refractivity contribution < 1.29 is 32.9 Å². The van der Waals surface area contributed by atoms with Crippen molar-refractivity contribution >= 4 is 5.90 Å². The molecule has 172 valence electrons. The van der Waals surface area contributed by atoms with Crippen LogP contribution in [0.15, 0.2) is 58.2 Å². The lowest BCUT2D eigenvalue weighted by Crippen LogP contribution is -2.40. The van der Waals surface area contributed by atoms with E-state index in [4.69, 9.17) is 32.9 Å². The molecule has 0 amide bonds. The fourth-order valence-electron chi connectivity index (χ4n) is 2.69. The van der Waals surface area contributed by atoms with E-state index < -0.39 is 0 Å². The Hall–Kier alpha value is -4.68. The second-order valence-corrected chi connectivity index (χ2v) is 6.13. The number of hydrazone groups is 1. The smallest absolute Gasteiger partial charge is 0.328 e. The number of benzene rings is 1. The lowest BCUT2D eigenvalue weighted by molar-refractivity contribution is -0.111. The number of nitrogens with one attached hydrogen (secondary N) is 1. The van der Waals surface area contributed by atoms with E-state index in [1.807, 2.05) is 0 Å². The molecule has 0 bridgehead atoms. The number of oxazole rings is 1. The summed E-state index contributed by atoms with van der Waals surface area (Å²) in [5.74, 6) is 1.94. The maximum absolute atomic E-state index is 5.93. The van der Waals surface area contributed by atoms with Crippen molar-refractivity contribution in [2.75, 3.05) is 28.4 Å². The van der Waals surface area contributed by atoms with Crippen LogP contribution in [0.1, 0.15) is 0 Å². The lowest BCUT2D eigenvalue weighted by Gasteiger charge is -2.25. The highest BCUT2D eigenvalue weighted by molar-refractivity contribution is 5.88. The zero-order valence-electron chi connectivity index (χ0n) is 18.1. The second-order valence-electron chi connectivity index (χ2n) is 6.13. The first-order valence-corrected chi connectivity index (χ1v) is 9.44. The molecule has 1 aliphatic rings. The van der Waals surface area contributed by atoms with Gasteiger partial charge in [-0.25, -0.2) is 10.4 Å². The third-order valence-corrected chi connectivity index (χ3v) is 4.18. The summed E-state index contributed by atoms with van der Waals surface area (Å²) in [5.41, 5.74) is 3.19. The molecule has 0 saturated heterocycles. The Balaban J connectivity index is 1.71. The molecular weight excluding hydrogens is 436 g/mol. The Bertz CT molecular complexity index is 1140. The van der Waals surface area contributed by atoms with Crippen LogP contribution in [0.5, 0.6) is 29.3 Å². The van der Waals surface area contributed by atoms with E-state index in [1.54, 1.807) is 24.3 Å². The second kappa shape index (κ2) is 9.64. The molecule has 33 heavy (non-hydrogen) atoms. The number of hydrogen-bond acceptors (Lipinski definition) is 13. The van der Waals surface area contributed by atoms with Gasteiger partial charge in [-0.3, -0.25) is 0 Å². The minimum Gasteiger partial charge on any atom is -0.481 e. The van der Waals surface area contributed by atoms with Crippen molar-refractivity contribution in [3.05, 3.63) is 48.7 Å². The van der Waals surface area contributed by atoms with Crippen LogP contribution in [0.3, 0.4) is 0 Å². The molecule has 0 radical (unpaired) electrons. The third kappa shape index (κ3) is 4.81. The number of methoxy groups -OCH3 is 4. The van der Waals surface area contributed by atoms with Crippen LogP contribution in [0.25, 0.3) is 11.5 Å². The molecule has 1 N–H and O–H groups in total. The molecule has 1 aliphatic heterocycles. The van der Waals surface area contributed by atoms with Gasteiger partial charge >= 0.3 is 6.01 Å². The average Bonchev–Trinajstić information content (AvgIpc) is 3.38. The molecule has 2 aromatic heterocycles. The number of hydrazine groups is 1. The zero-order chi connectivity index (χ0) is 23.2. The van der Waals surface area contributed by atoms with Crippen LogP contribution in [0.4, 0.5) is 0 Å². The van der Waals surface area contributed by atoms with Gasteiger partial charge in [0.2, 0.25) is 29.4 Å². The van der Waals surface area contributed by atoms with Crippen LogP contribution in [-0.2, 0) is 9.47 Å². The summed E-state index contributed by atoms with van der Waals surface area (Å²) in [4.78, 5) is 18.5. The molecule has 0 spiro atoms. The summed E-state index contributed by atoms with van der Waals surface area (Å²) in [6, 6.07) is 6.56. The topological polar surface area (TPSA) is 135 Å². The molecule has 13 heteroatoms. The van der Waals surface area contributed by atoms with Gasteiger partial charge in [0.1, 0.15) is 17.6 Å². The largest absolute Gasteiger partial charge is 0.481 e. The van der Waals surface area contributed by atoms with Crippen LogP contribution in [-0.4, -0.2) is 54.6 Å². The summed E-state index contributed by atoms with van der Waals surface area (Å²) in [6.45, 7) is 0. The molecule has 4 rings (SSSR count). The highest BCUT2D eigenvalue weighted by Crippen LogP contribution is 2.40. The van der Waals surface area contributed by atoms with Crippen molar-refractivity contribution in [1.82, 2.24) is 25.7 Å². The monoisotopic (exact) mass is 456 g/mol. The SMILES string of the molecule is COC1=CC(OC)=NN(Oc2cccc(Oc3nc(OC)cc(OC)n3)c2-c2ncco2)N1. The predicted molar refractivity (Wildman–Crippen MR) is 112 cm³/mol. The van der Waals surface area contributed by atoms with E-state index in [0.717, 1.165) is 5.28 Å². The fraction of sp³-hybridized carbons (Fsp3) is 0.200. The van der Waals surface area contributed by atoms with Gasteiger partial charge in [-0.05, 0) is 17.4 Å². The molecular formula is C20H20N6O7. The van der Waals surface area contributed by atoms with Gasteiger partial charge < -0.3 is 32.9 Å². The van der Waals surface area contributed by atoms with Gasteiger partial charge in [-0.2, -0.15) is 9.97 Å². The highest BCUT2D eigenvalue weighted by Gasteiger charge is 2.23. The maximum atomic E-state index is 5.93. The Morgan fingerprint density at radius 2 is 1.70 bits per heavy atom. The Morgan fingerprint density at radius 1 is 0.939 bits per heavy atom. The van der Waals surface area contributed by atoms with E-state index in [-0.39, 0.29) is 35.3 Å². The molecule has 0 saturated carbocycles. The van der Waals surface area contributed by atoms with E-state index >= 15 is 0 Å². The summed E-state index contributed by atoms with van der Waals surface area (Å²) >= 11 is 0. The van der Waals surface area contributed by atoms with Gasteiger partial charge in [-0.15, -0.1) is 0 Å². The van der Waals surface area contributed by atoms with Crippen molar-refractivity contribution in [2.45, 2.75) is 0 Å². The van der Waals surface area contributed by atoms with E-state index in [0.29, 0.717) is 17.2 Å². The van der Waals surface area contributed by atoms with Crippen molar-refractivity contribution in [3.8, 4) is 40.7 Å². The summed E-state index contributed by atoms with van der Waals surface area (Å²) in [7, 11) is 5.91.